The summed E-state index contributed by atoms with van der Waals surface area (Å²) in [4.78, 5) is 12.1. The van der Waals surface area contributed by atoms with Crippen LogP contribution in [0.15, 0.2) is 30.4 Å². The summed E-state index contributed by atoms with van der Waals surface area (Å²) in [5, 5.41) is 3.05. The number of aryl methyl sites for hydroxylation is 1. The Morgan fingerprint density at radius 2 is 2.24 bits per heavy atom. The maximum Gasteiger partial charge on any atom is 0.253 e. The van der Waals surface area contributed by atoms with Crippen molar-refractivity contribution in [2.45, 2.75) is 32.2 Å². The molecule has 0 saturated heterocycles. The lowest BCUT2D eigenvalue weighted by Crippen LogP contribution is -2.36. The van der Waals surface area contributed by atoms with Crippen molar-refractivity contribution in [1.29, 1.82) is 0 Å². The van der Waals surface area contributed by atoms with E-state index in [1.54, 1.807) is 6.07 Å². The van der Waals surface area contributed by atoms with E-state index >= 15 is 0 Å². The van der Waals surface area contributed by atoms with Gasteiger partial charge in [0.25, 0.3) is 5.91 Å². The predicted molar refractivity (Wildman–Crippen MR) is 69.8 cm³/mol. The molecule has 3 heteroatoms. The molecule has 90 valence electrons. The van der Waals surface area contributed by atoms with Crippen molar-refractivity contribution in [3.8, 4) is 0 Å². The Hall–Kier alpha value is -1.77. The van der Waals surface area contributed by atoms with Gasteiger partial charge < -0.3 is 11.1 Å². The monoisotopic (exact) mass is 230 g/mol. The van der Waals surface area contributed by atoms with Gasteiger partial charge in [-0.2, -0.15) is 0 Å². The summed E-state index contributed by atoms with van der Waals surface area (Å²) in [5.74, 6) is -0.0547. The third-order valence-corrected chi connectivity index (χ3v) is 3.14. The number of rotatable bonds is 2. The fourth-order valence-corrected chi connectivity index (χ4v) is 2.18. The van der Waals surface area contributed by atoms with Crippen molar-refractivity contribution >= 4 is 11.6 Å². The van der Waals surface area contributed by atoms with Crippen LogP contribution >= 0.6 is 0 Å². The summed E-state index contributed by atoms with van der Waals surface area (Å²) in [5.41, 5.74) is 7.94. The quantitative estimate of drug-likeness (QED) is 0.605. The number of hydrogen-bond acceptors (Lipinski definition) is 2. The van der Waals surface area contributed by atoms with Gasteiger partial charge in [-0.15, -0.1) is 0 Å². The van der Waals surface area contributed by atoms with Crippen LogP contribution in [-0.4, -0.2) is 11.9 Å². The average Bonchev–Trinajstić information content (AvgIpc) is 2.30. The molecule has 1 unspecified atom stereocenters. The van der Waals surface area contributed by atoms with E-state index in [2.05, 4.69) is 17.5 Å². The number of anilines is 1. The molecule has 0 radical (unpaired) electrons. The number of carbonyl (C=O) groups excluding carboxylic acids is 1. The van der Waals surface area contributed by atoms with Gasteiger partial charge in [-0.1, -0.05) is 24.3 Å². The standard InChI is InChI=1S/C14H18N2O/c1-10-6-5-9-12(15)13(10)14(17)16-11-7-3-2-4-8-11/h2-3,5-6,9,11H,4,7-8,15H2,1H3,(H,16,17). The van der Waals surface area contributed by atoms with E-state index in [4.69, 9.17) is 5.73 Å². The molecule has 0 bridgehead atoms. The molecule has 0 aromatic heterocycles. The number of carbonyl (C=O) groups is 1. The highest BCUT2D eigenvalue weighted by Gasteiger charge is 2.17. The predicted octanol–water partition coefficient (Wildman–Crippen LogP) is 2.42. The second-order valence-corrected chi connectivity index (χ2v) is 4.49. The second-order valence-electron chi connectivity index (χ2n) is 4.49. The molecule has 1 aliphatic carbocycles. The summed E-state index contributed by atoms with van der Waals surface area (Å²) >= 11 is 0. The fraction of sp³-hybridized carbons (Fsp3) is 0.357. The fourth-order valence-electron chi connectivity index (χ4n) is 2.18. The van der Waals surface area contributed by atoms with Gasteiger partial charge in [0.1, 0.15) is 0 Å². The van der Waals surface area contributed by atoms with Crippen LogP contribution in [0.5, 0.6) is 0 Å². The van der Waals surface area contributed by atoms with Crippen molar-refractivity contribution in [3.05, 3.63) is 41.5 Å². The van der Waals surface area contributed by atoms with Crippen LogP contribution in [0.1, 0.15) is 35.2 Å². The Morgan fingerprint density at radius 3 is 2.88 bits per heavy atom. The Kier molecular flexibility index (Phi) is 3.47. The molecule has 1 aromatic rings. The molecular formula is C14H18N2O. The smallest absolute Gasteiger partial charge is 0.253 e. The van der Waals surface area contributed by atoms with Crippen LogP contribution in [-0.2, 0) is 0 Å². The number of allylic oxidation sites excluding steroid dienone is 1. The maximum absolute atomic E-state index is 12.1. The summed E-state index contributed by atoms with van der Waals surface area (Å²) in [6.45, 7) is 1.91. The van der Waals surface area contributed by atoms with E-state index in [-0.39, 0.29) is 11.9 Å². The van der Waals surface area contributed by atoms with E-state index < -0.39 is 0 Å². The largest absolute Gasteiger partial charge is 0.398 e. The zero-order valence-corrected chi connectivity index (χ0v) is 10.1. The Bertz CT molecular complexity index is 431. The van der Waals surface area contributed by atoms with Crippen molar-refractivity contribution in [2.75, 3.05) is 5.73 Å². The molecule has 0 fully saturated rings. The normalized spacial score (nSPS) is 19.0. The zero-order chi connectivity index (χ0) is 12.3. The Morgan fingerprint density at radius 1 is 1.41 bits per heavy atom. The summed E-state index contributed by atoms with van der Waals surface area (Å²) < 4.78 is 0. The first-order valence-electron chi connectivity index (χ1n) is 5.99. The lowest BCUT2D eigenvalue weighted by Gasteiger charge is -2.20. The minimum absolute atomic E-state index is 0.0547. The van der Waals surface area contributed by atoms with Crippen molar-refractivity contribution in [3.63, 3.8) is 0 Å². The first-order valence-corrected chi connectivity index (χ1v) is 5.99. The minimum Gasteiger partial charge on any atom is -0.398 e. The highest BCUT2D eigenvalue weighted by Crippen LogP contribution is 2.17. The molecule has 0 saturated carbocycles. The number of hydrogen-bond donors (Lipinski definition) is 2. The van der Waals surface area contributed by atoms with Crippen molar-refractivity contribution in [2.24, 2.45) is 0 Å². The number of benzene rings is 1. The summed E-state index contributed by atoms with van der Waals surface area (Å²) in [6.07, 6.45) is 7.24. The Balaban J connectivity index is 2.11. The summed E-state index contributed by atoms with van der Waals surface area (Å²) in [7, 11) is 0. The molecule has 0 spiro atoms. The van der Waals surface area contributed by atoms with E-state index in [1.807, 2.05) is 19.1 Å². The molecule has 3 nitrogen and oxygen atoms in total. The number of nitrogens with one attached hydrogen (secondary N) is 1. The van der Waals surface area contributed by atoms with Gasteiger partial charge in [0, 0.05) is 11.7 Å². The topological polar surface area (TPSA) is 55.1 Å². The van der Waals surface area contributed by atoms with Crippen LogP contribution < -0.4 is 11.1 Å². The number of amides is 1. The first-order chi connectivity index (χ1) is 8.18. The van der Waals surface area contributed by atoms with E-state index in [1.165, 1.54) is 0 Å². The molecule has 0 heterocycles. The van der Waals surface area contributed by atoms with Crippen LogP contribution in [0.25, 0.3) is 0 Å². The van der Waals surface area contributed by atoms with Gasteiger partial charge in [0.15, 0.2) is 0 Å². The third kappa shape index (κ3) is 2.67. The Labute approximate surface area is 102 Å². The van der Waals surface area contributed by atoms with Gasteiger partial charge in [0.2, 0.25) is 0 Å². The summed E-state index contributed by atoms with van der Waals surface area (Å²) in [6, 6.07) is 5.78. The van der Waals surface area contributed by atoms with Crippen LogP contribution in [0.3, 0.4) is 0 Å². The van der Waals surface area contributed by atoms with Crippen LogP contribution in [0.2, 0.25) is 0 Å². The molecule has 0 aliphatic heterocycles. The van der Waals surface area contributed by atoms with Crippen LogP contribution in [0.4, 0.5) is 5.69 Å². The van der Waals surface area contributed by atoms with Gasteiger partial charge in [-0.25, -0.2) is 0 Å². The molecule has 1 aliphatic rings. The highest BCUT2D eigenvalue weighted by molar-refractivity contribution is 6.00. The molecule has 1 aromatic carbocycles. The van der Waals surface area contributed by atoms with Gasteiger partial charge in [0.05, 0.1) is 5.56 Å². The average molecular weight is 230 g/mol. The van der Waals surface area contributed by atoms with Gasteiger partial charge >= 0.3 is 0 Å². The maximum atomic E-state index is 12.1. The zero-order valence-electron chi connectivity index (χ0n) is 10.1. The third-order valence-electron chi connectivity index (χ3n) is 3.14. The lowest BCUT2D eigenvalue weighted by atomic mass is 10.0. The molecule has 17 heavy (non-hydrogen) atoms. The minimum atomic E-state index is -0.0547. The first kappa shape index (κ1) is 11.7. The molecule has 2 rings (SSSR count). The SMILES string of the molecule is Cc1cccc(N)c1C(=O)NC1CC=CCC1. The van der Waals surface area contributed by atoms with Crippen molar-refractivity contribution < 1.29 is 4.79 Å². The number of nitrogens with two attached hydrogens (primary N) is 1. The van der Waals surface area contributed by atoms with Gasteiger partial charge in [-0.3, -0.25) is 4.79 Å². The van der Waals surface area contributed by atoms with E-state index in [0.717, 1.165) is 24.8 Å². The molecule has 3 N–H and O–H groups in total. The van der Waals surface area contributed by atoms with Crippen molar-refractivity contribution in [1.82, 2.24) is 5.32 Å². The van der Waals surface area contributed by atoms with E-state index in [0.29, 0.717) is 11.3 Å². The highest BCUT2D eigenvalue weighted by atomic mass is 16.1. The number of nitrogen functional groups attached to an aromatic ring is 1. The van der Waals surface area contributed by atoms with E-state index in [9.17, 15) is 4.79 Å². The lowest BCUT2D eigenvalue weighted by molar-refractivity contribution is 0.0935. The van der Waals surface area contributed by atoms with Gasteiger partial charge in [-0.05, 0) is 37.8 Å². The molecule has 1 atom stereocenters. The second kappa shape index (κ2) is 5.04. The molecular weight excluding hydrogens is 212 g/mol. The van der Waals surface area contributed by atoms with Crippen LogP contribution in [0, 0.1) is 6.92 Å². The molecule has 1 amide bonds.